The minimum Gasteiger partial charge on any atom is -0.207 e. The molecule has 0 aromatic heterocycles. The molecule has 2 heteroatoms. The Morgan fingerprint density at radius 3 is 2.70 bits per heavy atom. The second kappa shape index (κ2) is 2.88. The summed E-state index contributed by atoms with van der Waals surface area (Å²) >= 11 is 4.67. The van der Waals surface area contributed by atoms with Gasteiger partial charge in [-0.3, -0.25) is 0 Å². The van der Waals surface area contributed by atoms with Crippen LogP contribution in [0.15, 0.2) is 18.2 Å². The summed E-state index contributed by atoms with van der Waals surface area (Å²) < 4.78 is 12.5. The van der Waals surface area contributed by atoms with Gasteiger partial charge in [0.15, 0.2) is 0 Å². The highest BCUT2D eigenvalue weighted by molar-refractivity contribution is 7.79. The first-order valence-electron chi connectivity index (χ1n) is 2.95. The molecule has 1 rings (SSSR count). The Kier molecular flexibility index (Phi) is 2.12. The summed E-state index contributed by atoms with van der Waals surface area (Å²) in [5.74, 6) is -0.235. The van der Waals surface area contributed by atoms with E-state index in [2.05, 4.69) is 12.2 Å². The smallest absolute Gasteiger partial charge is 0.123 e. The largest absolute Gasteiger partial charge is 0.207 e. The Morgan fingerprint density at radius 1 is 1.50 bits per heavy atom. The maximum atomic E-state index is 12.5. The van der Waals surface area contributed by atoms with Crippen molar-refractivity contribution < 1.29 is 4.39 Å². The molecule has 0 fully saturated rings. The molecule has 0 aliphatic carbocycles. The highest BCUT2D eigenvalue weighted by Gasteiger charge is 1.94. The number of hydrogen-bond donors (Lipinski definition) is 0. The van der Waals surface area contributed by atoms with Crippen molar-refractivity contribution >= 4 is 17.6 Å². The first-order chi connectivity index (χ1) is 4.74. The Balaban J connectivity index is 3.21. The van der Waals surface area contributed by atoms with E-state index in [0.29, 0.717) is 0 Å². The van der Waals surface area contributed by atoms with Gasteiger partial charge in [-0.15, -0.1) is 0 Å². The van der Waals surface area contributed by atoms with Crippen molar-refractivity contribution in [3.8, 4) is 0 Å². The maximum absolute atomic E-state index is 12.5. The minimum atomic E-state index is -0.235. The fraction of sp³-hybridized carbons (Fsp3) is 0.125. The van der Waals surface area contributed by atoms with Gasteiger partial charge >= 0.3 is 0 Å². The van der Waals surface area contributed by atoms with Gasteiger partial charge in [0.25, 0.3) is 0 Å². The number of halogens is 1. The van der Waals surface area contributed by atoms with Crippen molar-refractivity contribution in [1.29, 1.82) is 0 Å². The van der Waals surface area contributed by atoms with Gasteiger partial charge in [0.2, 0.25) is 0 Å². The number of rotatable bonds is 1. The number of aryl methyl sites for hydroxylation is 1. The Bertz CT molecular complexity index is 255. The van der Waals surface area contributed by atoms with Crippen molar-refractivity contribution in [2.75, 3.05) is 0 Å². The first kappa shape index (κ1) is 7.35. The summed E-state index contributed by atoms with van der Waals surface area (Å²) in [5.41, 5.74) is 1.80. The quantitative estimate of drug-likeness (QED) is 0.560. The van der Waals surface area contributed by atoms with Crippen LogP contribution in [0.2, 0.25) is 0 Å². The molecule has 0 radical (unpaired) electrons. The standard InChI is InChI=1S/C8H7FS/c1-6-2-3-8(9)4-7(6)5-10/h2-5H,1H3. The highest BCUT2D eigenvalue weighted by Crippen LogP contribution is 2.07. The van der Waals surface area contributed by atoms with Crippen molar-refractivity contribution in [2.24, 2.45) is 0 Å². The molecule has 0 saturated heterocycles. The fourth-order valence-corrected chi connectivity index (χ4v) is 0.992. The lowest BCUT2D eigenvalue weighted by Crippen LogP contribution is -1.85. The van der Waals surface area contributed by atoms with E-state index < -0.39 is 0 Å². The summed E-state index contributed by atoms with van der Waals surface area (Å²) in [6.45, 7) is 1.90. The maximum Gasteiger partial charge on any atom is 0.123 e. The molecular formula is C8H7FS. The lowest BCUT2D eigenvalue weighted by atomic mass is 10.1. The normalized spacial score (nSPS) is 9.40. The third kappa shape index (κ3) is 1.39. The topological polar surface area (TPSA) is 0 Å². The lowest BCUT2D eigenvalue weighted by Gasteiger charge is -1.96. The molecule has 0 amide bonds. The van der Waals surface area contributed by atoms with E-state index in [1.807, 2.05) is 6.92 Å². The molecule has 0 aliphatic rings. The van der Waals surface area contributed by atoms with Crippen molar-refractivity contribution in [2.45, 2.75) is 6.92 Å². The van der Waals surface area contributed by atoms with Crippen LogP contribution in [0.4, 0.5) is 4.39 Å². The van der Waals surface area contributed by atoms with Gasteiger partial charge in [-0.2, -0.15) is 0 Å². The van der Waals surface area contributed by atoms with Crippen LogP contribution in [0.25, 0.3) is 0 Å². The summed E-state index contributed by atoms with van der Waals surface area (Å²) in [6, 6.07) is 4.58. The first-order valence-corrected chi connectivity index (χ1v) is 3.42. The van der Waals surface area contributed by atoms with Crippen molar-refractivity contribution in [3.63, 3.8) is 0 Å². The summed E-state index contributed by atoms with van der Waals surface area (Å²) in [5, 5.41) is 1.48. The molecule has 1 aromatic rings. The second-order valence-electron chi connectivity index (χ2n) is 2.12. The molecule has 0 heterocycles. The van der Waals surface area contributed by atoms with E-state index in [-0.39, 0.29) is 5.82 Å². The van der Waals surface area contributed by atoms with E-state index >= 15 is 0 Å². The second-order valence-corrected chi connectivity index (χ2v) is 2.35. The number of benzene rings is 1. The fourth-order valence-electron chi connectivity index (χ4n) is 0.738. The van der Waals surface area contributed by atoms with Crippen LogP contribution < -0.4 is 0 Å². The zero-order chi connectivity index (χ0) is 7.56. The van der Waals surface area contributed by atoms with Gasteiger partial charge in [0, 0.05) is 5.37 Å². The lowest BCUT2D eigenvalue weighted by molar-refractivity contribution is 0.627. The van der Waals surface area contributed by atoms with Crippen LogP contribution in [-0.2, 0) is 0 Å². The van der Waals surface area contributed by atoms with Gasteiger partial charge in [0.1, 0.15) is 5.82 Å². The van der Waals surface area contributed by atoms with E-state index in [0.717, 1.165) is 11.1 Å². The SMILES string of the molecule is Cc1ccc(F)cc1C=S. The Hall–Kier alpha value is -0.760. The average molecular weight is 154 g/mol. The van der Waals surface area contributed by atoms with Crippen LogP contribution in [0.3, 0.4) is 0 Å². The van der Waals surface area contributed by atoms with Gasteiger partial charge < -0.3 is 0 Å². The zero-order valence-electron chi connectivity index (χ0n) is 5.60. The third-order valence-electron chi connectivity index (χ3n) is 1.37. The van der Waals surface area contributed by atoms with Gasteiger partial charge in [0.05, 0.1) is 0 Å². The molecule has 0 unspecified atom stereocenters. The Labute approximate surface area is 64.7 Å². The molecule has 0 spiro atoms. The van der Waals surface area contributed by atoms with E-state index in [9.17, 15) is 4.39 Å². The molecule has 10 heavy (non-hydrogen) atoms. The van der Waals surface area contributed by atoms with E-state index in [1.54, 1.807) is 6.07 Å². The molecule has 52 valence electrons. The summed E-state index contributed by atoms with van der Waals surface area (Å²) in [6.07, 6.45) is 0. The van der Waals surface area contributed by atoms with E-state index in [1.165, 1.54) is 17.5 Å². The molecule has 0 aliphatic heterocycles. The average Bonchev–Trinajstić information content (AvgIpc) is 1.94. The third-order valence-corrected chi connectivity index (χ3v) is 1.62. The van der Waals surface area contributed by atoms with E-state index in [4.69, 9.17) is 0 Å². The van der Waals surface area contributed by atoms with Crippen LogP contribution >= 0.6 is 12.2 Å². The van der Waals surface area contributed by atoms with Gasteiger partial charge in [-0.25, -0.2) is 4.39 Å². The molecule has 0 N–H and O–H groups in total. The molecule has 0 atom stereocenters. The summed E-state index contributed by atoms with van der Waals surface area (Å²) in [4.78, 5) is 0. The summed E-state index contributed by atoms with van der Waals surface area (Å²) in [7, 11) is 0. The monoisotopic (exact) mass is 154 g/mol. The molecule has 0 saturated carbocycles. The van der Waals surface area contributed by atoms with Crippen LogP contribution in [0.5, 0.6) is 0 Å². The van der Waals surface area contributed by atoms with Gasteiger partial charge in [-0.05, 0) is 30.2 Å². The zero-order valence-corrected chi connectivity index (χ0v) is 6.41. The van der Waals surface area contributed by atoms with Crippen LogP contribution in [-0.4, -0.2) is 5.37 Å². The predicted molar refractivity (Wildman–Crippen MR) is 43.9 cm³/mol. The molecule has 0 bridgehead atoms. The molecular weight excluding hydrogens is 147 g/mol. The number of hydrogen-bond acceptors (Lipinski definition) is 1. The highest BCUT2D eigenvalue weighted by atomic mass is 32.1. The van der Waals surface area contributed by atoms with Crippen LogP contribution in [0.1, 0.15) is 11.1 Å². The van der Waals surface area contributed by atoms with Crippen LogP contribution in [0, 0.1) is 12.7 Å². The Morgan fingerprint density at radius 2 is 2.20 bits per heavy atom. The predicted octanol–water partition coefficient (Wildman–Crippen LogP) is 2.48. The molecule has 0 nitrogen and oxygen atoms in total. The van der Waals surface area contributed by atoms with Crippen molar-refractivity contribution in [3.05, 3.63) is 35.1 Å². The van der Waals surface area contributed by atoms with Crippen molar-refractivity contribution in [1.82, 2.24) is 0 Å². The van der Waals surface area contributed by atoms with Gasteiger partial charge in [-0.1, -0.05) is 18.3 Å². The number of thiocarbonyl (C=S) groups is 1. The minimum absolute atomic E-state index is 0.235. The molecule has 1 aromatic carbocycles.